The number of aromatic nitrogens is 2. The van der Waals surface area contributed by atoms with Crippen molar-refractivity contribution in [2.24, 2.45) is 16.7 Å². The molecule has 0 bridgehead atoms. The number of fused-ring (bicyclic) bond motifs is 1. The van der Waals surface area contributed by atoms with E-state index in [4.69, 9.17) is 21.1 Å². The minimum absolute atomic E-state index is 0.0282. The highest BCUT2D eigenvalue weighted by molar-refractivity contribution is 6.31. The molecule has 16 heteroatoms. The zero-order valence-electron chi connectivity index (χ0n) is 35.9. The number of rotatable bonds is 12. The molecule has 0 spiro atoms. The quantitative estimate of drug-likeness (QED) is 0.217. The number of piperidine rings is 2. The van der Waals surface area contributed by atoms with Crippen LogP contribution in [0.25, 0.3) is 0 Å². The second-order valence-electron chi connectivity index (χ2n) is 18.8. The highest BCUT2D eigenvalue weighted by Gasteiger charge is 2.64. The molecule has 5 amide bonds. The molecule has 2 aliphatic carbocycles. The van der Waals surface area contributed by atoms with Crippen LogP contribution in [-0.4, -0.2) is 105 Å². The zero-order chi connectivity index (χ0) is 44.2. The maximum Gasteiger partial charge on any atom is 0.262 e. The molecule has 5 aliphatic rings. The summed E-state index contributed by atoms with van der Waals surface area (Å²) < 4.78 is 12.7. The molecule has 8 rings (SSSR count). The summed E-state index contributed by atoms with van der Waals surface area (Å²) in [7, 11) is 0. The third-order valence-electron chi connectivity index (χ3n) is 13.6. The van der Waals surface area contributed by atoms with Crippen LogP contribution in [0.15, 0.2) is 48.8 Å². The summed E-state index contributed by atoms with van der Waals surface area (Å²) >= 11 is 6.25. The molecule has 326 valence electrons. The number of nitrogens with zero attached hydrogens (tertiary/aromatic N) is 6. The van der Waals surface area contributed by atoms with Gasteiger partial charge in [-0.2, -0.15) is 5.26 Å². The monoisotopic (exact) mass is 864 g/mol. The van der Waals surface area contributed by atoms with E-state index in [-0.39, 0.29) is 48.1 Å². The molecule has 2 saturated heterocycles. The molecule has 62 heavy (non-hydrogen) atoms. The van der Waals surface area contributed by atoms with Gasteiger partial charge >= 0.3 is 0 Å². The van der Waals surface area contributed by atoms with Crippen molar-refractivity contribution in [1.29, 1.82) is 5.26 Å². The van der Waals surface area contributed by atoms with E-state index >= 15 is 0 Å². The second kappa shape index (κ2) is 16.6. The molecule has 3 aromatic rings. The van der Waals surface area contributed by atoms with Crippen LogP contribution < -0.4 is 25.0 Å². The van der Waals surface area contributed by atoms with Crippen molar-refractivity contribution >= 4 is 47.1 Å². The number of imide groups is 2. The lowest BCUT2D eigenvalue weighted by atomic mass is 9.49. The first-order valence-corrected chi connectivity index (χ1v) is 21.9. The number of anilines is 1. The summed E-state index contributed by atoms with van der Waals surface area (Å²) in [4.78, 5) is 78.9. The Morgan fingerprint density at radius 1 is 0.952 bits per heavy atom. The fraction of sp³-hybridized carbons (Fsp3) is 0.522. The average molecular weight is 865 g/mol. The predicted octanol–water partition coefficient (Wildman–Crippen LogP) is 5.55. The number of nitriles is 1. The van der Waals surface area contributed by atoms with Crippen LogP contribution >= 0.6 is 11.6 Å². The Hall–Kier alpha value is -5.59. The predicted molar refractivity (Wildman–Crippen MR) is 229 cm³/mol. The fourth-order valence-electron chi connectivity index (χ4n) is 10.4. The number of hydrogen-bond acceptors (Lipinski definition) is 12. The number of benzene rings is 2. The third-order valence-corrected chi connectivity index (χ3v) is 13.9. The Bertz CT molecular complexity index is 2320. The Kier molecular flexibility index (Phi) is 11.5. The molecule has 2 saturated carbocycles. The minimum atomic E-state index is -1.01. The van der Waals surface area contributed by atoms with Crippen molar-refractivity contribution in [3.8, 4) is 17.6 Å². The van der Waals surface area contributed by atoms with Gasteiger partial charge in [0.1, 0.15) is 35.8 Å². The summed E-state index contributed by atoms with van der Waals surface area (Å²) in [6.07, 6.45) is 6.79. The Morgan fingerprint density at radius 2 is 1.60 bits per heavy atom. The Labute approximate surface area is 366 Å². The standard InChI is InChI=1S/C46H53ClN8O7/c1-25(2)54(29-17-32(18-29)61-30-9-10-33-34(19-30)41(60)55(40(33)59)36-11-12-37(56)51-39(36)58)24-26-13-15-53(16-14-26)44-49-22-28(23-50-44)38(57)52-42-45(3,4)43(46(42,5)6)62-31-8-7-27(21-48)35(47)20-31/h7-10,19-20,22-23,25-26,29,32,36,42-43H,11-18,24H2,1-6H3,(H,52,57)(H,51,56,58)/t29?,32?,36-,42?,43?/m1/s1. The Balaban J connectivity index is 0.795. The molecule has 2 N–H and O–H groups in total. The fourth-order valence-corrected chi connectivity index (χ4v) is 10.6. The molecule has 0 unspecified atom stereocenters. The molecule has 4 fully saturated rings. The van der Waals surface area contributed by atoms with Gasteiger partial charge < -0.3 is 19.7 Å². The van der Waals surface area contributed by atoms with Gasteiger partial charge in [-0.15, -0.1) is 0 Å². The molecule has 15 nitrogen and oxygen atoms in total. The van der Waals surface area contributed by atoms with Crippen molar-refractivity contribution in [1.82, 2.24) is 30.4 Å². The Morgan fingerprint density at radius 3 is 2.23 bits per heavy atom. The average Bonchev–Trinajstić information content (AvgIpc) is 3.47. The van der Waals surface area contributed by atoms with Gasteiger partial charge in [-0.1, -0.05) is 39.3 Å². The van der Waals surface area contributed by atoms with Gasteiger partial charge in [0, 0.05) is 86.3 Å². The summed E-state index contributed by atoms with van der Waals surface area (Å²) in [6, 6.07) is 11.5. The number of amides is 5. The molecule has 1 aromatic heterocycles. The van der Waals surface area contributed by atoms with E-state index in [1.807, 2.05) is 0 Å². The first kappa shape index (κ1) is 43.1. The van der Waals surface area contributed by atoms with E-state index in [0.29, 0.717) is 51.6 Å². The molecule has 4 heterocycles. The summed E-state index contributed by atoms with van der Waals surface area (Å²) in [6.45, 7) is 15.3. The molecule has 0 radical (unpaired) electrons. The number of nitrogens with one attached hydrogen (secondary N) is 2. The van der Waals surface area contributed by atoms with Gasteiger partial charge in [0.25, 0.3) is 17.7 Å². The van der Waals surface area contributed by atoms with Gasteiger partial charge in [-0.25, -0.2) is 9.97 Å². The topological polar surface area (TPSA) is 187 Å². The summed E-state index contributed by atoms with van der Waals surface area (Å²) in [5.74, 6) is -0.168. The van der Waals surface area contributed by atoms with Crippen molar-refractivity contribution < 1.29 is 33.4 Å². The van der Waals surface area contributed by atoms with E-state index in [1.54, 1.807) is 48.8 Å². The van der Waals surface area contributed by atoms with Gasteiger partial charge in [-0.05, 0) is 69.4 Å². The first-order valence-electron chi connectivity index (χ1n) is 21.5. The van der Waals surface area contributed by atoms with Crippen LogP contribution in [0.2, 0.25) is 5.02 Å². The van der Waals surface area contributed by atoms with Crippen molar-refractivity contribution in [2.75, 3.05) is 24.5 Å². The van der Waals surface area contributed by atoms with E-state index < -0.39 is 40.5 Å². The molecular formula is C46H53ClN8O7. The van der Waals surface area contributed by atoms with E-state index in [0.717, 1.165) is 50.2 Å². The summed E-state index contributed by atoms with van der Waals surface area (Å²) in [5, 5.41) is 15.0. The normalized spacial score (nSPS) is 25.5. The second-order valence-corrected chi connectivity index (χ2v) is 19.2. The van der Waals surface area contributed by atoms with Crippen molar-refractivity contribution in [3.63, 3.8) is 0 Å². The SMILES string of the molecule is CC(C)N(CC1CCN(c2ncc(C(=O)NC3C(C)(C)C(Oc4ccc(C#N)c(Cl)c4)C3(C)C)cn2)CC1)C1CC(Oc2ccc3c(c2)C(=O)N([C@@H]2CCC(=O)NC2=O)C3=O)C1. The zero-order valence-corrected chi connectivity index (χ0v) is 36.7. The van der Waals surface area contributed by atoms with Crippen molar-refractivity contribution in [2.45, 2.75) is 116 Å². The lowest BCUT2D eigenvalue weighted by molar-refractivity contribution is -0.164. The van der Waals surface area contributed by atoms with Crippen molar-refractivity contribution in [3.05, 3.63) is 76.1 Å². The van der Waals surface area contributed by atoms with E-state index in [1.165, 1.54) is 0 Å². The van der Waals surface area contributed by atoms with Crippen LogP contribution in [0.1, 0.15) is 117 Å². The number of ether oxygens (including phenoxy) is 2. The smallest absolute Gasteiger partial charge is 0.262 e. The lowest BCUT2D eigenvalue weighted by Crippen LogP contribution is -2.74. The van der Waals surface area contributed by atoms with Gasteiger partial charge in [0.05, 0.1) is 27.3 Å². The summed E-state index contributed by atoms with van der Waals surface area (Å²) in [5.41, 5.74) is 0.426. The van der Waals surface area contributed by atoms with Crippen LogP contribution in [0.5, 0.6) is 11.5 Å². The van der Waals surface area contributed by atoms with E-state index in [9.17, 15) is 29.2 Å². The number of hydrogen-bond donors (Lipinski definition) is 2. The largest absolute Gasteiger partial charge is 0.490 e. The van der Waals surface area contributed by atoms with Crippen LogP contribution in [0, 0.1) is 28.1 Å². The van der Waals surface area contributed by atoms with Gasteiger partial charge in [0.15, 0.2) is 0 Å². The minimum Gasteiger partial charge on any atom is -0.490 e. The third kappa shape index (κ3) is 7.99. The van der Waals surface area contributed by atoms with Gasteiger partial charge in [-0.3, -0.25) is 39.1 Å². The molecule has 3 aliphatic heterocycles. The maximum atomic E-state index is 13.5. The highest BCUT2D eigenvalue weighted by Crippen LogP contribution is 2.55. The number of carbonyl (C=O) groups excluding carboxylic acids is 5. The van der Waals surface area contributed by atoms with E-state index in [2.05, 4.69) is 78.0 Å². The maximum absolute atomic E-state index is 13.5. The molecular weight excluding hydrogens is 812 g/mol. The van der Waals surface area contributed by atoms with Crippen LogP contribution in [0.4, 0.5) is 5.95 Å². The molecule has 2 aromatic carbocycles. The van der Waals surface area contributed by atoms with Crippen LogP contribution in [0.3, 0.4) is 0 Å². The molecule has 1 atom stereocenters. The number of halogens is 1. The number of carbonyl (C=O) groups is 5. The lowest BCUT2D eigenvalue weighted by Gasteiger charge is -2.63. The van der Waals surface area contributed by atoms with Crippen LogP contribution in [-0.2, 0) is 9.59 Å². The highest BCUT2D eigenvalue weighted by atomic mass is 35.5. The van der Waals surface area contributed by atoms with Gasteiger partial charge in [0.2, 0.25) is 17.8 Å². The first-order chi connectivity index (χ1) is 29.5.